The largest absolute Gasteiger partial charge is 0.507 e. The molecule has 1 N–H and O–H groups in total. The molecule has 0 bridgehead atoms. The van der Waals surface area contributed by atoms with Gasteiger partial charge in [-0.15, -0.1) is 11.8 Å². The van der Waals surface area contributed by atoms with Gasteiger partial charge in [-0.2, -0.15) is 0 Å². The first-order valence-corrected chi connectivity index (χ1v) is 9.32. The number of aromatic hydroxyl groups is 1. The molecular formula is C21H16FNO3S. The number of aliphatic imine (C=N–C) groups is 1. The van der Waals surface area contributed by atoms with E-state index in [1.807, 2.05) is 24.3 Å². The SMILES string of the molecule is Cc1cc(O)c(C2=Nc3ccccc3S[C@H](c3ccccc3F)C2)c(=O)o1. The number of hydrogen-bond donors (Lipinski definition) is 1. The molecule has 1 atom stereocenters. The monoisotopic (exact) mass is 381 g/mol. The van der Waals surface area contributed by atoms with Crippen LogP contribution in [-0.2, 0) is 0 Å². The van der Waals surface area contributed by atoms with E-state index in [4.69, 9.17) is 4.42 Å². The predicted molar refractivity (Wildman–Crippen MR) is 104 cm³/mol. The molecular weight excluding hydrogens is 365 g/mol. The maximum absolute atomic E-state index is 14.4. The van der Waals surface area contributed by atoms with Crippen LogP contribution < -0.4 is 5.63 Å². The van der Waals surface area contributed by atoms with E-state index in [-0.39, 0.29) is 28.8 Å². The van der Waals surface area contributed by atoms with Crippen LogP contribution >= 0.6 is 11.8 Å². The van der Waals surface area contributed by atoms with Crippen LogP contribution in [-0.4, -0.2) is 10.8 Å². The van der Waals surface area contributed by atoms with Gasteiger partial charge in [0.25, 0.3) is 0 Å². The van der Waals surface area contributed by atoms with Crippen molar-refractivity contribution in [2.24, 2.45) is 4.99 Å². The van der Waals surface area contributed by atoms with Gasteiger partial charge in [0.2, 0.25) is 0 Å². The predicted octanol–water partition coefficient (Wildman–Crippen LogP) is 5.15. The summed E-state index contributed by atoms with van der Waals surface area (Å²) in [6.07, 6.45) is 0.279. The van der Waals surface area contributed by atoms with Gasteiger partial charge in [0.15, 0.2) is 0 Å². The number of nitrogens with zero attached hydrogens (tertiary/aromatic N) is 1. The number of benzene rings is 2. The summed E-state index contributed by atoms with van der Waals surface area (Å²) < 4.78 is 19.6. The number of halogens is 1. The van der Waals surface area contributed by atoms with Gasteiger partial charge in [0.05, 0.1) is 11.4 Å². The summed E-state index contributed by atoms with van der Waals surface area (Å²) in [5.41, 5.74) is 0.965. The van der Waals surface area contributed by atoms with Crippen LogP contribution in [0.1, 0.15) is 28.6 Å². The third-order valence-electron chi connectivity index (χ3n) is 4.36. The van der Waals surface area contributed by atoms with Crippen LogP contribution in [0.4, 0.5) is 10.1 Å². The van der Waals surface area contributed by atoms with Crippen molar-refractivity contribution in [1.82, 2.24) is 0 Å². The molecule has 4 rings (SSSR count). The van der Waals surface area contributed by atoms with E-state index in [1.165, 1.54) is 23.9 Å². The quantitative estimate of drug-likeness (QED) is 0.667. The molecule has 3 aromatic rings. The third kappa shape index (κ3) is 3.40. The number of fused-ring (bicyclic) bond motifs is 1. The fourth-order valence-corrected chi connectivity index (χ4v) is 4.40. The fraction of sp³-hybridized carbons (Fsp3) is 0.143. The van der Waals surface area contributed by atoms with Crippen molar-refractivity contribution in [2.45, 2.75) is 23.5 Å². The molecule has 2 aromatic carbocycles. The van der Waals surface area contributed by atoms with Crippen molar-refractivity contribution in [1.29, 1.82) is 0 Å². The van der Waals surface area contributed by atoms with E-state index in [0.717, 1.165) is 4.90 Å². The van der Waals surface area contributed by atoms with Gasteiger partial charge in [-0.05, 0) is 25.1 Å². The van der Waals surface area contributed by atoms with Gasteiger partial charge in [-0.1, -0.05) is 30.3 Å². The van der Waals surface area contributed by atoms with E-state index in [0.29, 0.717) is 22.7 Å². The Labute approximate surface area is 159 Å². The molecule has 0 saturated heterocycles. The van der Waals surface area contributed by atoms with Crippen molar-refractivity contribution < 1.29 is 13.9 Å². The first kappa shape index (κ1) is 17.5. The summed E-state index contributed by atoms with van der Waals surface area (Å²) in [6, 6.07) is 15.5. The molecule has 1 aliphatic rings. The summed E-state index contributed by atoms with van der Waals surface area (Å²) in [5.74, 6) is -0.177. The molecule has 0 spiro atoms. The topological polar surface area (TPSA) is 62.8 Å². The van der Waals surface area contributed by atoms with Gasteiger partial charge in [-0.25, -0.2) is 9.18 Å². The Balaban J connectivity index is 1.90. The van der Waals surface area contributed by atoms with Crippen molar-refractivity contribution in [3.8, 4) is 5.75 Å². The summed E-state index contributed by atoms with van der Waals surface area (Å²) in [5, 5.41) is 10.1. The minimum atomic E-state index is -0.650. The zero-order valence-corrected chi connectivity index (χ0v) is 15.3. The van der Waals surface area contributed by atoms with Crippen LogP contribution in [0, 0.1) is 12.7 Å². The summed E-state index contributed by atoms with van der Waals surface area (Å²) in [6.45, 7) is 1.59. The lowest BCUT2D eigenvalue weighted by atomic mass is 10.0. The van der Waals surface area contributed by atoms with E-state index in [9.17, 15) is 14.3 Å². The molecule has 0 aliphatic carbocycles. The number of thioether (sulfide) groups is 1. The second kappa shape index (κ2) is 7.04. The number of rotatable bonds is 2. The second-order valence-corrected chi connectivity index (χ2v) is 7.51. The van der Waals surface area contributed by atoms with Crippen LogP contribution in [0.3, 0.4) is 0 Å². The van der Waals surface area contributed by atoms with E-state index in [2.05, 4.69) is 4.99 Å². The summed E-state index contributed by atoms with van der Waals surface area (Å²) >= 11 is 1.49. The molecule has 0 fully saturated rings. The Kier molecular flexibility index (Phi) is 4.58. The Morgan fingerprint density at radius 2 is 1.93 bits per heavy atom. The first-order valence-electron chi connectivity index (χ1n) is 8.44. The molecule has 0 unspecified atom stereocenters. The minimum absolute atomic E-state index is 0.0271. The highest BCUT2D eigenvalue weighted by Gasteiger charge is 2.27. The van der Waals surface area contributed by atoms with E-state index >= 15 is 0 Å². The standard InChI is InChI=1S/C21H16FNO3S/c1-12-10-17(24)20(21(25)26-12)16-11-19(13-6-2-3-7-14(13)22)27-18-9-5-4-8-15(18)23-16/h2-10,19,24H,11H2,1H3/t19-/m0/s1. The summed E-state index contributed by atoms with van der Waals surface area (Å²) in [7, 11) is 0. The Bertz CT molecular complexity index is 1110. The molecule has 4 nitrogen and oxygen atoms in total. The molecule has 0 radical (unpaired) electrons. The molecule has 2 heterocycles. The van der Waals surface area contributed by atoms with E-state index in [1.54, 1.807) is 25.1 Å². The van der Waals surface area contributed by atoms with Crippen molar-refractivity contribution in [3.05, 3.63) is 87.7 Å². The van der Waals surface area contributed by atoms with Gasteiger partial charge in [0, 0.05) is 28.2 Å². The smallest absolute Gasteiger partial charge is 0.348 e. The Hall–Kier alpha value is -2.86. The lowest BCUT2D eigenvalue weighted by molar-refractivity contribution is 0.432. The van der Waals surface area contributed by atoms with Crippen LogP contribution in [0.25, 0.3) is 0 Å². The first-order chi connectivity index (χ1) is 13.0. The molecule has 0 saturated carbocycles. The number of hydrogen-bond acceptors (Lipinski definition) is 5. The fourth-order valence-electron chi connectivity index (χ4n) is 3.14. The van der Waals surface area contributed by atoms with Crippen LogP contribution in [0.2, 0.25) is 0 Å². The van der Waals surface area contributed by atoms with E-state index < -0.39 is 5.63 Å². The van der Waals surface area contributed by atoms with Gasteiger partial charge in [-0.3, -0.25) is 4.99 Å². The molecule has 136 valence electrons. The van der Waals surface area contributed by atoms with Gasteiger partial charge < -0.3 is 9.52 Å². The van der Waals surface area contributed by atoms with Crippen LogP contribution in [0.5, 0.6) is 5.75 Å². The maximum Gasteiger partial charge on any atom is 0.348 e. The second-order valence-electron chi connectivity index (χ2n) is 6.26. The number of aryl methyl sites for hydroxylation is 1. The molecule has 6 heteroatoms. The normalized spacial score (nSPS) is 16.4. The maximum atomic E-state index is 14.4. The Morgan fingerprint density at radius 3 is 2.70 bits per heavy atom. The highest BCUT2D eigenvalue weighted by Crippen LogP contribution is 2.46. The van der Waals surface area contributed by atoms with Crippen molar-refractivity contribution in [3.63, 3.8) is 0 Å². The average Bonchev–Trinajstić information content (AvgIpc) is 2.80. The lowest BCUT2D eigenvalue weighted by Crippen LogP contribution is -2.17. The average molecular weight is 381 g/mol. The van der Waals surface area contributed by atoms with Crippen LogP contribution in [0.15, 0.2) is 73.7 Å². The lowest BCUT2D eigenvalue weighted by Gasteiger charge is -2.16. The van der Waals surface area contributed by atoms with Gasteiger partial charge >= 0.3 is 5.63 Å². The van der Waals surface area contributed by atoms with Crippen molar-refractivity contribution in [2.75, 3.05) is 0 Å². The highest BCUT2D eigenvalue weighted by molar-refractivity contribution is 7.99. The number of para-hydroxylation sites is 1. The minimum Gasteiger partial charge on any atom is -0.507 e. The third-order valence-corrected chi connectivity index (χ3v) is 5.67. The van der Waals surface area contributed by atoms with Crippen molar-refractivity contribution >= 4 is 23.2 Å². The molecule has 27 heavy (non-hydrogen) atoms. The Morgan fingerprint density at radius 1 is 1.19 bits per heavy atom. The van der Waals surface area contributed by atoms with Gasteiger partial charge in [0.1, 0.15) is 22.9 Å². The molecule has 0 amide bonds. The molecule has 1 aliphatic heterocycles. The molecule has 1 aromatic heterocycles. The highest BCUT2D eigenvalue weighted by atomic mass is 32.2. The zero-order chi connectivity index (χ0) is 19.0. The zero-order valence-electron chi connectivity index (χ0n) is 14.5. The summed E-state index contributed by atoms with van der Waals surface area (Å²) in [4.78, 5) is 17.9.